The SMILES string of the molecule is CCCCCOc1cc(N2CCCN(Cc3cccc(-c4cnn(CC(C)C)c4)c3F)C2=O)ccc1OC. The van der Waals surface area contributed by atoms with Gasteiger partial charge < -0.3 is 14.4 Å². The van der Waals surface area contributed by atoms with Crippen LogP contribution in [0.2, 0.25) is 0 Å². The number of benzene rings is 2. The first-order chi connectivity index (χ1) is 18.4. The first-order valence-electron chi connectivity index (χ1n) is 13.6. The summed E-state index contributed by atoms with van der Waals surface area (Å²) in [4.78, 5) is 17.0. The molecule has 0 bridgehead atoms. The molecule has 8 heteroatoms. The van der Waals surface area contributed by atoms with Gasteiger partial charge in [-0.1, -0.05) is 51.8 Å². The molecule has 3 aromatic rings. The highest BCUT2D eigenvalue weighted by Gasteiger charge is 2.28. The predicted octanol–water partition coefficient (Wildman–Crippen LogP) is 6.76. The van der Waals surface area contributed by atoms with Crippen molar-refractivity contribution in [3.8, 4) is 22.6 Å². The van der Waals surface area contributed by atoms with Gasteiger partial charge in [-0.25, -0.2) is 9.18 Å². The summed E-state index contributed by atoms with van der Waals surface area (Å²) in [5.74, 6) is 1.40. The molecule has 0 radical (unpaired) electrons. The average Bonchev–Trinajstić information content (AvgIpc) is 3.36. The third-order valence-corrected chi connectivity index (χ3v) is 6.71. The van der Waals surface area contributed by atoms with Gasteiger partial charge in [-0.3, -0.25) is 9.58 Å². The number of methoxy groups -OCH3 is 1. The first-order valence-corrected chi connectivity index (χ1v) is 13.6. The van der Waals surface area contributed by atoms with Crippen molar-refractivity contribution >= 4 is 11.7 Å². The Balaban J connectivity index is 1.50. The molecule has 1 aromatic heterocycles. The van der Waals surface area contributed by atoms with E-state index in [-0.39, 0.29) is 18.4 Å². The smallest absolute Gasteiger partial charge is 0.324 e. The lowest BCUT2D eigenvalue weighted by molar-refractivity contribution is 0.191. The molecule has 1 saturated heterocycles. The van der Waals surface area contributed by atoms with Crippen LogP contribution in [0.3, 0.4) is 0 Å². The van der Waals surface area contributed by atoms with Crippen molar-refractivity contribution in [2.45, 2.75) is 59.5 Å². The number of urea groups is 1. The van der Waals surface area contributed by atoms with Crippen LogP contribution in [0.1, 0.15) is 52.0 Å². The van der Waals surface area contributed by atoms with Gasteiger partial charge in [0.2, 0.25) is 0 Å². The van der Waals surface area contributed by atoms with E-state index in [1.54, 1.807) is 35.2 Å². The number of amides is 2. The van der Waals surface area contributed by atoms with Crippen molar-refractivity contribution in [3.05, 3.63) is 60.2 Å². The number of carbonyl (C=O) groups is 1. The molecule has 7 nitrogen and oxygen atoms in total. The monoisotopic (exact) mass is 522 g/mol. The van der Waals surface area contributed by atoms with Crippen LogP contribution in [0.15, 0.2) is 48.8 Å². The summed E-state index contributed by atoms with van der Waals surface area (Å²) in [7, 11) is 1.61. The van der Waals surface area contributed by atoms with Crippen molar-refractivity contribution in [2.24, 2.45) is 5.92 Å². The van der Waals surface area contributed by atoms with Crippen LogP contribution in [0.25, 0.3) is 11.1 Å². The van der Waals surface area contributed by atoms with Crippen LogP contribution in [0.4, 0.5) is 14.9 Å². The molecule has 1 aliphatic rings. The summed E-state index contributed by atoms with van der Waals surface area (Å²) in [6.45, 7) is 9.13. The molecule has 0 aliphatic carbocycles. The standard InChI is InChI=1S/C30H39FN4O3/c1-5-6-7-16-38-28-17-25(12-13-27(28)37-4)35-15-9-14-33(30(35)36)20-23-10-8-11-26(29(23)31)24-18-32-34(21-24)19-22(2)3/h8,10-13,17-18,21-22H,5-7,9,14-16,19-20H2,1-4H3. The Morgan fingerprint density at radius 3 is 2.71 bits per heavy atom. The highest BCUT2D eigenvalue weighted by atomic mass is 19.1. The molecule has 2 aromatic carbocycles. The van der Waals surface area contributed by atoms with E-state index in [1.807, 2.05) is 35.1 Å². The number of hydrogen-bond donors (Lipinski definition) is 0. The Hall–Kier alpha value is -3.55. The van der Waals surface area contributed by atoms with Crippen LogP contribution in [-0.4, -0.2) is 47.5 Å². The lowest BCUT2D eigenvalue weighted by atomic mass is 10.0. The number of halogens is 1. The van der Waals surface area contributed by atoms with Crippen LogP contribution < -0.4 is 14.4 Å². The molecular formula is C30H39FN4O3. The number of unbranched alkanes of at least 4 members (excludes halogenated alkanes) is 2. The Labute approximate surface area is 225 Å². The summed E-state index contributed by atoms with van der Waals surface area (Å²) in [5.41, 5.74) is 2.47. The van der Waals surface area contributed by atoms with E-state index in [1.165, 1.54) is 0 Å². The Kier molecular flexibility index (Phi) is 9.26. The van der Waals surface area contributed by atoms with Crippen molar-refractivity contribution in [1.82, 2.24) is 14.7 Å². The first kappa shape index (κ1) is 27.5. The maximum absolute atomic E-state index is 15.6. The van der Waals surface area contributed by atoms with Crippen molar-refractivity contribution in [2.75, 3.05) is 31.7 Å². The van der Waals surface area contributed by atoms with Gasteiger partial charge in [0.05, 0.1) is 26.5 Å². The number of ether oxygens (including phenoxy) is 2. The second-order valence-corrected chi connectivity index (χ2v) is 10.2. The summed E-state index contributed by atoms with van der Waals surface area (Å²) in [5, 5.41) is 4.38. The molecule has 1 fully saturated rings. The van der Waals surface area contributed by atoms with Gasteiger partial charge in [-0.15, -0.1) is 0 Å². The topological polar surface area (TPSA) is 59.8 Å². The molecule has 38 heavy (non-hydrogen) atoms. The minimum absolute atomic E-state index is 0.145. The second-order valence-electron chi connectivity index (χ2n) is 10.2. The fourth-order valence-electron chi connectivity index (χ4n) is 4.76. The molecule has 0 N–H and O–H groups in total. The van der Waals surface area contributed by atoms with Gasteiger partial charge in [0.1, 0.15) is 5.82 Å². The van der Waals surface area contributed by atoms with Crippen LogP contribution >= 0.6 is 0 Å². The average molecular weight is 523 g/mol. The third kappa shape index (κ3) is 6.47. The summed E-state index contributed by atoms with van der Waals surface area (Å²) in [6, 6.07) is 10.8. The number of aromatic nitrogens is 2. The van der Waals surface area contributed by atoms with E-state index in [0.717, 1.165) is 43.5 Å². The Bertz CT molecular complexity index is 1230. The van der Waals surface area contributed by atoms with Crippen molar-refractivity contribution in [1.29, 1.82) is 0 Å². The lowest BCUT2D eigenvalue weighted by Crippen LogP contribution is -2.49. The number of nitrogens with zero attached hydrogens (tertiary/aromatic N) is 4. The second kappa shape index (κ2) is 12.8. The molecular weight excluding hydrogens is 483 g/mol. The van der Waals surface area contributed by atoms with E-state index in [4.69, 9.17) is 9.47 Å². The van der Waals surface area contributed by atoms with Gasteiger partial charge in [0, 0.05) is 54.3 Å². The molecule has 0 saturated carbocycles. The molecule has 0 spiro atoms. The molecule has 4 rings (SSSR count). The maximum Gasteiger partial charge on any atom is 0.324 e. The minimum atomic E-state index is -0.311. The number of anilines is 1. The Morgan fingerprint density at radius 2 is 1.95 bits per heavy atom. The van der Waals surface area contributed by atoms with Crippen molar-refractivity contribution < 1.29 is 18.7 Å². The molecule has 204 valence electrons. The van der Waals surface area contributed by atoms with Gasteiger partial charge in [-0.2, -0.15) is 5.10 Å². The fraction of sp³-hybridized carbons (Fsp3) is 0.467. The van der Waals surface area contributed by atoms with Gasteiger partial charge in [-0.05, 0) is 30.9 Å². The van der Waals surface area contributed by atoms with E-state index in [9.17, 15) is 4.79 Å². The van der Waals surface area contributed by atoms with Gasteiger partial charge in [0.15, 0.2) is 11.5 Å². The van der Waals surface area contributed by atoms with E-state index >= 15 is 4.39 Å². The summed E-state index contributed by atoms with van der Waals surface area (Å²) >= 11 is 0. The zero-order chi connectivity index (χ0) is 27.1. The normalized spacial score (nSPS) is 13.9. The molecule has 0 unspecified atom stereocenters. The highest BCUT2D eigenvalue weighted by molar-refractivity contribution is 5.93. The Morgan fingerprint density at radius 1 is 1.11 bits per heavy atom. The quantitative estimate of drug-likeness (QED) is 0.247. The molecule has 2 amide bonds. The molecule has 1 aliphatic heterocycles. The molecule has 2 heterocycles. The van der Waals surface area contributed by atoms with E-state index < -0.39 is 0 Å². The van der Waals surface area contributed by atoms with E-state index in [2.05, 4.69) is 25.9 Å². The zero-order valence-electron chi connectivity index (χ0n) is 23.0. The fourth-order valence-corrected chi connectivity index (χ4v) is 4.76. The van der Waals surface area contributed by atoms with E-state index in [0.29, 0.717) is 48.2 Å². The molecule has 0 atom stereocenters. The summed E-state index contributed by atoms with van der Waals surface area (Å²) in [6.07, 6.45) is 7.53. The number of hydrogen-bond acceptors (Lipinski definition) is 4. The zero-order valence-corrected chi connectivity index (χ0v) is 23.0. The predicted molar refractivity (Wildman–Crippen MR) is 148 cm³/mol. The lowest BCUT2D eigenvalue weighted by Gasteiger charge is -2.36. The number of rotatable bonds is 12. The van der Waals surface area contributed by atoms with Crippen LogP contribution in [0, 0.1) is 11.7 Å². The largest absolute Gasteiger partial charge is 0.493 e. The van der Waals surface area contributed by atoms with Crippen molar-refractivity contribution in [3.63, 3.8) is 0 Å². The maximum atomic E-state index is 15.6. The van der Waals surface area contributed by atoms with Crippen LogP contribution in [-0.2, 0) is 13.1 Å². The summed E-state index contributed by atoms with van der Waals surface area (Å²) < 4.78 is 28.9. The number of carbonyl (C=O) groups excluding carboxylic acids is 1. The third-order valence-electron chi connectivity index (χ3n) is 6.71. The highest BCUT2D eigenvalue weighted by Crippen LogP contribution is 2.34. The minimum Gasteiger partial charge on any atom is -0.493 e. The van der Waals surface area contributed by atoms with Gasteiger partial charge >= 0.3 is 6.03 Å². The van der Waals surface area contributed by atoms with Crippen LogP contribution in [0.5, 0.6) is 11.5 Å². The van der Waals surface area contributed by atoms with Gasteiger partial charge in [0.25, 0.3) is 0 Å².